The summed E-state index contributed by atoms with van der Waals surface area (Å²) in [6, 6.07) is 0.0580. The molecule has 0 radical (unpaired) electrons. The van der Waals surface area contributed by atoms with Crippen molar-refractivity contribution in [3.8, 4) is 0 Å². The Kier molecular flexibility index (Phi) is 4.57. The van der Waals surface area contributed by atoms with Crippen LogP contribution in [0.2, 0.25) is 0 Å². The van der Waals surface area contributed by atoms with E-state index in [1.54, 1.807) is 0 Å². The number of halogens is 5. The maximum atomic E-state index is 13.0. The maximum absolute atomic E-state index is 13.0. The van der Waals surface area contributed by atoms with Gasteiger partial charge >= 0.3 is 12.2 Å². The largest absolute Gasteiger partial charge is 0.433 e. The number of nitrogens with one attached hydrogen (secondary N) is 1. The van der Waals surface area contributed by atoms with Crippen molar-refractivity contribution < 1.29 is 26.7 Å². The summed E-state index contributed by atoms with van der Waals surface area (Å²) in [4.78, 5) is 20.1. The quantitative estimate of drug-likeness (QED) is 0.670. The summed E-state index contributed by atoms with van der Waals surface area (Å²) >= 11 is 0. The molecule has 4 aliphatic rings. The Hall–Kier alpha value is -2.73. The van der Waals surface area contributed by atoms with E-state index < -0.39 is 24.1 Å². The molecule has 0 aromatic carbocycles. The number of likely N-dealkylation sites (tertiary alicyclic amines) is 2. The zero-order chi connectivity index (χ0) is 23.9. The number of aromatic amines is 1. The molecule has 2 aliphatic heterocycles. The van der Waals surface area contributed by atoms with Crippen molar-refractivity contribution in [1.82, 2.24) is 34.8 Å². The molecule has 2 saturated carbocycles. The molecule has 13 heteroatoms. The number of amides is 2. The van der Waals surface area contributed by atoms with E-state index in [1.807, 2.05) is 9.80 Å². The Morgan fingerprint density at radius 3 is 2.26 bits per heavy atom. The summed E-state index contributed by atoms with van der Waals surface area (Å²) in [6.45, 7) is 2.62. The molecular formula is C21H24F5N7O. The lowest BCUT2D eigenvalue weighted by atomic mass is 9.56. The highest BCUT2D eigenvalue weighted by molar-refractivity contribution is 5.77. The van der Waals surface area contributed by atoms with E-state index in [0.717, 1.165) is 25.7 Å². The summed E-state index contributed by atoms with van der Waals surface area (Å²) in [7, 11) is 0. The average molecular weight is 485 g/mol. The van der Waals surface area contributed by atoms with Gasteiger partial charge in [-0.2, -0.15) is 18.3 Å². The zero-order valence-corrected chi connectivity index (χ0v) is 18.2. The SMILES string of the molecule is O=C(N1CC2(CC(Cc3cn[nH]c3C(F)(F)F)C2)C1)N1CC2(CC(n3cnc(C(F)F)n3)C2)C1. The molecule has 2 saturated heterocycles. The Bertz CT molecular complexity index is 1080. The molecular weight excluding hydrogens is 461 g/mol. The molecule has 34 heavy (non-hydrogen) atoms. The molecule has 6 rings (SSSR count). The molecule has 2 spiro atoms. The Morgan fingerprint density at radius 2 is 1.71 bits per heavy atom. The smallest absolute Gasteiger partial charge is 0.323 e. The predicted octanol–water partition coefficient (Wildman–Crippen LogP) is 3.67. The van der Waals surface area contributed by atoms with Crippen LogP contribution in [0, 0.1) is 16.7 Å². The third-order valence-corrected chi connectivity index (χ3v) is 8.03. The van der Waals surface area contributed by atoms with Crippen LogP contribution in [-0.2, 0) is 12.6 Å². The number of alkyl halides is 5. The van der Waals surface area contributed by atoms with Crippen molar-refractivity contribution in [1.29, 1.82) is 0 Å². The summed E-state index contributed by atoms with van der Waals surface area (Å²) in [6.07, 6.45) is -0.913. The number of carbonyl (C=O) groups excluding carboxylic acids is 1. The molecule has 4 heterocycles. The summed E-state index contributed by atoms with van der Waals surface area (Å²) in [5.74, 6) is -0.278. The lowest BCUT2D eigenvalue weighted by Gasteiger charge is -2.63. The van der Waals surface area contributed by atoms with Crippen LogP contribution in [0.4, 0.5) is 26.7 Å². The van der Waals surface area contributed by atoms with Gasteiger partial charge in [0.2, 0.25) is 5.82 Å². The fourth-order valence-electron chi connectivity index (χ4n) is 6.54. The van der Waals surface area contributed by atoms with E-state index in [1.165, 1.54) is 17.2 Å². The summed E-state index contributed by atoms with van der Waals surface area (Å²) in [5, 5.41) is 9.45. The van der Waals surface area contributed by atoms with Crippen molar-refractivity contribution in [2.45, 2.75) is 50.7 Å². The van der Waals surface area contributed by atoms with Crippen LogP contribution >= 0.6 is 0 Å². The van der Waals surface area contributed by atoms with Gasteiger partial charge in [0.15, 0.2) is 0 Å². The molecule has 0 unspecified atom stereocenters. The van der Waals surface area contributed by atoms with Gasteiger partial charge in [-0.05, 0) is 38.0 Å². The minimum Gasteiger partial charge on any atom is -0.323 e. The first-order valence-corrected chi connectivity index (χ1v) is 11.4. The Morgan fingerprint density at radius 1 is 1.09 bits per heavy atom. The van der Waals surface area contributed by atoms with Crippen LogP contribution in [0.1, 0.15) is 55.2 Å². The van der Waals surface area contributed by atoms with Gasteiger partial charge in [0.1, 0.15) is 12.0 Å². The van der Waals surface area contributed by atoms with Gasteiger partial charge in [-0.25, -0.2) is 23.2 Å². The van der Waals surface area contributed by atoms with Crippen LogP contribution in [0.3, 0.4) is 0 Å². The standard InChI is InChI=1S/C21H24F5N7O/c22-16(23)17-27-11-33(30-17)14-4-20(5-14)9-32(10-20)18(34)31-7-19(8-31)2-12(3-19)1-13-6-28-29-15(13)21(24,25)26/h6,11-12,14,16H,1-5,7-10H2,(H,28,29). The van der Waals surface area contributed by atoms with Crippen molar-refractivity contribution in [2.24, 2.45) is 16.7 Å². The van der Waals surface area contributed by atoms with Crippen LogP contribution in [0.15, 0.2) is 12.5 Å². The minimum atomic E-state index is -4.42. The van der Waals surface area contributed by atoms with Gasteiger partial charge in [-0.15, -0.1) is 5.10 Å². The van der Waals surface area contributed by atoms with Crippen LogP contribution < -0.4 is 0 Å². The first kappa shape index (κ1) is 21.8. The molecule has 184 valence electrons. The first-order chi connectivity index (χ1) is 16.0. The van der Waals surface area contributed by atoms with Crippen LogP contribution in [-0.4, -0.2) is 67.0 Å². The number of hydrogen-bond acceptors (Lipinski definition) is 4. The van der Waals surface area contributed by atoms with Crippen molar-refractivity contribution in [3.05, 3.63) is 29.6 Å². The lowest BCUT2D eigenvalue weighted by Crippen LogP contribution is -2.71. The Labute approximate surface area is 191 Å². The van der Waals surface area contributed by atoms with E-state index in [4.69, 9.17) is 0 Å². The summed E-state index contributed by atoms with van der Waals surface area (Å²) in [5.41, 5.74) is -0.466. The topological polar surface area (TPSA) is 82.9 Å². The number of H-pyrrole nitrogens is 1. The second-order valence-corrected chi connectivity index (χ2v) is 10.7. The molecule has 1 N–H and O–H groups in total. The second kappa shape index (κ2) is 7.14. The van der Waals surface area contributed by atoms with Crippen molar-refractivity contribution in [3.63, 3.8) is 0 Å². The number of nitrogens with zero attached hydrogens (tertiary/aromatic N) is 6. The number of urea groups is 1. The number of rotatable bonds is 4. The fraction of sp³-hybridized carbons (Fsp3) is 0.714. The maximum Gasteiger partial charge on any atom is 0.433 e. The number of carbonyl (C=O) groups is 1. The van der Waals surface area contributed by atoms with Crippen LogP contribution in [0.5, 0.6) is 0 Å². The molecule has 0 atom stereocenters. The first-order valence-electron chi connectivity index (χ1n) is 11.4. The van der Waals surface area contributed by atoms with Gasteiger partial charge in [-0.1, -0.05) is 0 Å². The second-order valence-electron chi connectivity index (χ2n) is 10.7. The minimum absolute atomic E-state index is 0.0121. The zero-order valence-electron chi connectivity index (χ0n) is 18.2. The molecule has 2 aromatic rings. The molecule has 2 aliphatic carbocycles. The molecule has 4 fully saturated rings. The Balaban J connectivity index is 0.938. The molecule has 0 bridgehead atoms. The fourth-order valence-corrected chi connectivity index (χ4v) is 6.54. The predicted molar refractivity (Wildman–Crippen MR) is 107 cm³/mol. The van der Waals surface area contributed by atoms with Gasteiger partial charge < -0.3 is 9.80 Å². The molecule has 2 amide bonds. The van der Waals surface area contributed by atoms with E-state index in [2.05, 4.69) is 20.3 Å². The van der Waals surface area contributed by atoms with E-state index in [0.29, 0.717) is 32.6 Å². The van der Waals surface area contributed by atoms with Crippen molar-refractivity contribution >= 4 is 6.03 Å². The van der Waals surface area contributed by atoms with E-state index in [9.17, 15) is 26.7 Å². The highest BCUT2D eigenvalue weighted by Crippen LogP contribution is 2.56. The van der Waals surface area contributed by atoms with Crippen molar-refractivity contribution in [2.75, 3.05) is 26.2 Å². The van der Waals surface area contributed by atoms with Gasteiger partial charge in [0, 0.05) is 42.6 Å². The van der Waals surface area contributed by atoms with Gasteiger partial charge in [0.05, 0.1) is 12.2 Å². The van der Waals surface area contributed by atoms with Gasteiger partial charge in [0.25, 0.3) is 6.43 Å². The molecule has 2 aromatic heterocycles. The van der Waals surface area contributed by atoms with E-state index in [-0.39, 0.29) is 34.4 Å². The summed E-state index contributed by atoms with van der Waals surface area (Å²) < 4.78 is 65.9. The lowest BCUT2D eigenvalue weighted by molar-refractivity contribution is -0.142. The third-order valence-electron chi connectivity index (χ3n) is 8.03. The normalized spacial score (nSPS) is 23.7. The van der Waals surface area contributed by atoms with Gasteiger partial charge in [-0.3, -0.25) is 5.10 Å². The molecule has 8 nitrogen and oxygen atoms in total. The average Bonchev–Trinajstić information content (AvgIpc) is 3.29. The highest BCUT2D eigenvalue weighted by atomic mass is 19.4. The highest BCUT2D eigenvalue weighted by Gasteiger charge is 2.58. The third kappa shape index (κ3) is 3.46. The number of hydrogen-bond donors (Lipinski definition) is 1. The van der Waals surface area contributed by atoms with Crippen LogP contribution in [0.25, 0.3) is 0 Å². The number of aromatic nitrogens is 5. The van der Waals surface area contributed by atoms with E-state index >= 15 is 0 Å². The monoisotopic (exact) mass is 485 g/mol.